The molecule has 2 aromatic rings. The quantitative estimate of drug-likeness (QED) is 0.663. The van der Waals surface area contributed by atoms with Gasteiger partial charge >= 0.3 is 5.97 Å². The Hall–Kier alpha value is -2.44. The Bertz CT molecular complexity index is 899. The lowest BCUT2D eigenvalue weighted by Crippen LogP contribution is -2.38. The summed E-state index contributed by atoms with van der Waals surface area (Å²) in [6.07, 6.45) is 2.41. The van der Waals surface area contributed by atoms with Gasteiger partial charge in [-0.05, 0) is 36.6 Å². The fourth-order valence-electron chi connectivity index (χ4n) is 2.47. The molecule has 1 N–H and O–H groups in total. The molecule has 5 nitrogen and oxygen atoms in total. The van der Waals surface area contributed by atoms with Crippen molar-refractivity contribution in [1.82, 2.24) is 0 Å². The SMILES string of the molecule is CC(C)(COCc1ccccc1)S(=O)(=O)Cc1ccccc1/C=C/C(=O)O. The molecule has 0 heterocycles. The van der Waals surface area contributed by atoms with Crippen molar-refractivity contribution >= 4 is 21.9 Å². The summed E-state index contributed by atoms with van der Waals surface area (Å²) in [4.78, 5) is 10.7. The summed E-state index contributed by atoms with van der Waals surface area (Å²) in [5, 5.41) is 8.80. The molecule has 0 spiro atoms. The molecule has 0 saturated heterocycles. The standard InChI is InChI=1S/C21H24O5S/c1-21(2,16-26-14-17-8-4-3-5-9-17)27(24,25)15-19-11-7-6-10-18(19)12-13-20(22)23/h3-13H,14-16H2,1-2H3,(H,22,23)/b13-12+. The molecule has 0 bridgehead atoms. The van der Waals surface area contributed by atoms with Gasteiger partial charge in [0.15, 0.2) is 9.84 Å². The van der Waals surface area contributed by atoms with E-state index in [9.17, 15) is 13.2 Å². The van der Waals surface area contributed by atoms with Crippen LogP contribution in [0.1, 0.15) is 30.5 Å². The maximum Gasteiger partial charge on any atom is 0.328 e. The fraction of sp³-hybridized carbons (Fsp3) is 0.286. The van der Waals surface area contributed by atoms with Gasteiger partial charge < -0.3 is 9.84 Å². The minimum absolute atomic E-state index is 0.0668. The van der Waals surface area contributed by atoms with Crippen LogP contribution in [0.4, 0.5) is 0 Å². The summed E-state index contributed by atoms with van der Waals surface area (Å²) in [5.41, 5.74) is 2.12. The third-order valence-electron chi connectivity index (χ3n) is 4.21. The molecule has 0 aromatic heterocycles. The van der Waals surface area contributed by atoms with Crippen LogP contribution in [0.25, 0.3) is 6.08 Å². The van der Waals surface area contributed by atoms with E-state index in [0.29, 0.717) is 17.7 Å². The molecular weight excluding hydrogens is 364 g/mol. The molecule has 0 saturated carbocycles. The van der Waals surface area contributed by atoms with Gasteiger partial charge in [0.25, 0.3) is 0 Å². The fourth-order valence-corrected chi connectivity index (χ4v) is 3.79. The van der Waals surface area contributed by atoms with Crippen LogP contribution in [0.3, 0.4) is 0 Å². The second-order valence-electron chi connectivity index (χ2n) is 6.87. The summed E-state index contributed by atoms with van der Waals surface area (Å²) in [6, 6.07) is 16.4. The summed E-state index contributed by atoms with van der Waals surface area (Å²) in [6.45, 7) is 3.70. The number of hydrogen-bond donors (Lipinski definition) is 1. The van der Waals surface area contributed by atoms with Gasteiger partial charge in [0, 0.05) is 6.08 Å². The second-order valence-corrected chi connectivity index (χ2v) is 9.49. The smallest absolute Gasteiger partial charge is 0.328 e. The third kappa shape index (κ3) is 6.05. The van der Waals surface area contributed by atoms with Gasteiger partial charge in [-0.15, -0.1) is 0 Å². The normalized spacial score (nSPS) is 12.4. The van der Waals surface area contributed by atoms with E-state index in [-0.39, 0.29) is 12.4 Å². The van der Waals surface area contributed by atoms with Gasteiger partial charge in [-0.3, -0.25) is 0 Å². The van der Waals surface area contributed by atoms with Gasteiger partial charge in [0.05, 0.1) is 23.7 Å². The first kappa shape index (κ1) is 20.9. The number of ether oxygens (including phenoxy) is 1. The van der Waals surface area contributed by atoms with Crippen molar-refractivity contribution in [2.45, 2.75) is 31.0 Å². The molecule has 27 heavy (non-hydrogen) atoms. The molecular formula is C21H24O5S. The molecule has 0 aliphatic rings. The highest BCUT2D eigenvalue weighted by Gasteiger charge is 2.35. The van der Waals surface area contributed by atoms with Crippen LogP contribution >= 0.6 is 0 Å². The molecule has 144 valence electrons. The number of aliphatic carboxylic acids is 1. The highest BCUT2D eigenvalue weighted by Crippen LogP contribution is 2.24. The van der Waals surface area contributed by atoms with Crippen molar-refractivity contribution in [3.05, 3.63) is 77.4 Å². The molecule has 0 fully saturated rings. The van der Waals surface area contributed by atoms with Gasteiger partial charge in [-0.2, -0.15) is 0 Å². The summed E-state index contributed by atoms with van der Waals surface area (Å²) < 4.78 is 30.4. The summed E-state index contributed by atoms with van der Waals surface area (Å²) in [5.74, 6) is -1.27. The lowest BCUT2D eigenvalue weighted by molar-refractivity contribution is -0.131. The molecule has 2 rings (SSSR count). The lowest BCUT2D eigenvalue weighted by atomic mass is 10.1. The molecule has 2 aromatic carbocycles. The maximum absolute atomic E-state index is 12.9. The molecule has 6 heteroatoms. The molecule has 0 radical (unpaired) electrons. The topological polar surface area (TPSA) is 80.7 Å². The first-order valence-electron chi connectivity index (χ1n) is 8.54. The number of hydrogen-bond acceptors (Lipinski definition) is 4. The average Bonchev–Trinajstić information content (AvgIpc) is 2.61. The van der Waals surface area contributed by atoms with E-state index in [2.05, 4.69) is 0 Å². The number of benzene rings is 2. The largest absolute Gasteiger partial charge is 0.478 e. The first-order chi connectivity index (χ1) is 12.7. The zero-order chi connectivity index (χ0) is 19.9. The van der Waals surface area contributed by atoms with E-state index >= 15 is 0 Å². The monoisotopic (exact) mass is 388 g/mol. The van der Waals surface area contributed by atoms with Crippen molar-refractivity contribution in [3.63, 3.8) is 0 Å². The Morgan fingerprint density at radius 1 is 1.07 bits per heavy atom. The van der Waals surface area contributed by atoms with Gasteiger partial charge in [0.2, 0.25) is 0 Å². The Morgan fingerprint density at radius 2 is 1.70 bits per heavy atom. The van der Waals surface area contributed by atoms with Crippen LogP contribution in [-0.4, -0.2) is 30.8 Å². The van der Waals surface area contributed by atoms with Crippen LogP contribution < -0.4 is 0 Å². The number of carboxylic acids is 1. The van der Waals surface area contributed by atoms with Crippen LogP contribution in [0.15, 0.2) is 60.7 Å². The van der Waals surface area contributed by atoms with E-state index in [4.69, 9.17) is 9.84 Å². The van der Waals surface area contributed by atoms with Gasteiger partial charge in [-0.1, -0.05) is 54.6 Å². The first-order valence-corrected chi connectivity index (χ1v) is 10.2. The predicted molar refractivity (Wildman–Crippen MR) is 106 cm³/mol. The number of sulfone groups is 1. The van der Waals surface area contributed by atoms with Crippen LogP contribution in [0.5, 0.6) is 0 Å². The van der Waals surface area contributed by atoms with Crippen molar-refractivity contribution in [2.24, 2.45) is 0 Å². The lowest BCUT2D eigenvalue weighted by Gasteiger charge is -2.25. The zero-order valence-corrected chi connectivity index (χ0v) is 16.3. The van der Waals surface area contributed by atoms with Crippen LogP contribution in [0.2, 0.25) is 0 Å². The zero-order valence-electron chi connectivity index (χ0n) is 15.5. The Kier molecular flexibility index (Phi) is 6.93. The summed E-state index contributed by atoms with van der Waals surface area (Å²) >= 11 is 0. The average molecular weight is 388 g/mol. The van der Waals surface area contributed by atoms with Crippen LogP contribution in [-0.2, 0) is 31.7 Å². The summed E-state index contributed by atoms with van der Waals surface area (Å²) in [7, 11) is -3.53. The molecule has 0 aliphatic heterocycles. The Morgan fingerprint density at radius 3 is 2.37 bits per heavy atom. The predicted octanol–water partition coefficient (Wildman–Crippen LogP) is 3.69. The van der Waals surface area contributed by atoms with Crippen molar-refractivity contribution in [1.29, 1.82) is 0 Å². The Balaban J connectivity index is 2.09. The minimum Gasteiger partial charge on any atom is -0.478 e. The van der Waals surface area contributed by atoms with Gasteiger partial charge in [-0.25, -0.2) is 13.2 Å². The minimum atomic E-state index is -3.53. The molecule has 0 atom stereocenters. The van der Waals surface area contributed by atoms with E-state index in [0.717, 1.165) is 11.6 Å². The third-order valence-corrected chi connectivity index (χ3v) is 6.70. The molecule has 0 amide bonds. The number of rotatable bonds is 9. The second kappa shape index (κ2) is 8.97. The van der Waals surface area contributed by atoms with Crippen molar-refractivity contribution in [3.8, 4) is 0 Å². The van der Waals surface area contributed by atoms with E-state index in [1.807, 2.05) is 30.3 Å². The van der Waals surface area contributed by atoms with Gasteiger partial charge in [0.1, 0.15) is 0 Å². The molecule has 0 unspecified atom stereocenters. The van der Waals surface area contributed by atoms with Crippen molar-refractivity contribution < 1.29 is 23.1 Å². The van der Waals surface area contributed by atoms with E-state index in [1.54, 1.807) is 38.1 Å². The van der Waals surface area contributed by atoms with Crippen LogP contribution in [0, 0.1) is 0 Å². The van der Waals surface area contributed by atoms with E-state index < -0.39 is 20.6 Å². The van der Waals surface area contributed by atoms with E-state index in [1.165, 1.54) is 6.08 Å². The maximum atomic E-state index is 12.9. The Labute approximate surface area is 160 Å². The molecule has 0 aliphatic carbocycles. The highest BCUT2D eigenvalue weighted by molar-refractivity contribution is 7.92. The van der Waals surface area contributed by atoms with Crippen molar-refractivity contribution in [2.75, 3.05) is 6.61 Å². The highest BCUT2D eigenvalue weighted by atomic mass is 32.2. The number of carboxylic acid groups (broad SMARTS) is 1. The number of carbonyl (C=O) groups is 1.